The number of ketones is 1. The maximum Gasteiger partial charge on any atom is 0.268 e. The highest BCUT2D eigenvalue weighted by molar-refractivity contribution is 6.04. The van der Waals surface area contributed by atoms with Crippen LogP contribution in [0.2, 0.25) is 0 Å². The summed E-state index contributed by atoms with van der Waals surface area (Å²) < 4.78 is 29.2. The van der Waals surface area contributed by atoms with Gasteiger partial charge in [0.25, 0.3) is 5.92 Å². The van der Waals surface area contributed by atoms with E-state index in [9.17, 15) is 18.4 Å². The summed E-state index contributed by atoms with van der Waals surface area (Å²) in [5.41, 5.74) is 2.95. The largest absolute Gasteiger partial charge is 0.351 e. The number of aryl methyl sites for hydroxylation is 1. The zero-order valence-electron chi connectivity index (χ0n) is 16.9. The third-order valence-corrected chi connectivity index (χ3v) is 5.62. The molecule has 0 aliphatic carbocycles. The van der Waals surface area contributed by atoms with Crippen LogP contribution >= 0.6 is 0 Å². The van der Waals surface area contributed by atoms with E-state index in [0.717, 1.165) is 21.4 Å². The van der Waals surface area contributed by atoms with Gasteiger partial charge in [0.05, 0.1) is 12.6 Å². The van der Waals surface area contributed by atoms with Crippen LogP contribution in [-0.4, -0.2) is 44.7 Å². The Kier molecular flexibility index (Phi) is 5.27. The maximum absolute atomic E-state index is 13.6. The Morgan fingerprint density at radius 2 is 2.06 bits per heavy atom. The Morgan fingerprint density at radius 1 is 1.26 bits per heavy atom. The van der Waals surface area contributed by atoms with Crippen molar-refractivity contribution in [2.24, 2.45) is 7.05 Å². The summed E-state index contributed by atoms with van der Waals surface area (Å²) in [5.74, 6) is -3.97. The van der Waals surface area contributed by atoms with Crippen LogP contribution in [0, 0.1) is 11.3 Å². The molecule has 0 N–H and O–H groups in total. The number of fused-ring (bicyclic) bond motifs is 1. The molecule has 2 aromatic heterocycles. The number of amides is 1. The van der Waals surface area contributed by atoms with Gasteiger partial charge in [-0.2, -0.15) is 5.26 Å². The van der Waals surface area contributed by atoms with Crippen LogP contribution in [0.25, 0.3) is 22.0 Å². The Hall–Kier alpha value is -3.60. The highest BCUT2D eigenvalue weighted by Crippen LogP contribution is 2.32. The van der Waals surface area contributed by atoms with Gasteiger partial charge in [0.2, 0.25) is 5.91 Å². The van der Waals surface area contributed by atoms with Gasteiger partial charge < -0.3 is 9.47 Å². The summed E-state index contributed by atoms with van der Waals surface area (Å²) in [4.78, 5) is 30.3. The summed E-state index contributed by atoms with van der Waals surface area (Å²) in [7, 11) is 1.95. The molecular formula is C23H20F2N4O2. The van der Waals surface area contributed by atoms with E-state index in [1.54, 1.807) is 18.3 Å². The van der Waals surface area contributed by atoms with E-state index in [4.69, 9.17) is 5.26 Å². The molecule has 3 aromatic rings. The zero-order chi connectivity index (χ0) is 22.2. The quantitative estimate of drug-likeness (QED) is 0.583. The second kappa shape index (κ2) is 7.91. The van der Waals surface area contributed by atoms with E-state index in [1.165, 1.54) is 6.20 Å². The number of hydrogen-bond acceptors (Lipinski definition) is 4. The number of likely N-dealkylation sites (tertiary alicyclic amines) is 1. The van der Waals surface area contributed by atoms with Crippen molar-refractivity contribution in [3.05, 3.63) is 54.5 Å². The molecule has 0 radical (unpaired) electrons. The van der Waals surface area contributed by atoms with E-state index < -0.39 is 30.8 Å². The molecule has 31 heavy (non-hydrogen) atoms. The van der Waals surface area contributed by atoms with Crippen LogP contribution in [0.4, 0.5) is 8.78 Å². The first-order valence-electron chi connectivity index (χ1n) is 9.89. The van der Waals surface area contributed by atoms with Crippen molar-refractivity contribution in [1.29, 1.82) is 5.26 Å². The average Bonchev–Trinajstić information content (AvgIpc) is 3.30. The van der Waals surface area contributed by atoms with Crippen molar-refractivity contribution >= 4 is 22.6 Å². The van der Waals surface area contributed by atoms with E-state index in [-0.39, 0.29) is 18.6 Å². The van der Waals surface area contributed by atoms with Crippen molar-refractivity contribution in [2.75, 3.05) is 6.54 Å². The molecule has 0 unspecified atom stereocenters. The molecule has 1 fully saturated rings. The number of benzene rings is 1. The van der Waals surface area contributed by atoms with Crippen LogP contribution in [0.3, 0.4) is 0 Å². The molecule has 4 rings (SSSR count). The van der Waals surface area contributed by atoms with E-state index >= 15 is 0 Å². The van der Waals surface area contributed by atoms with Crippen molar-refractivity contribution in [1.82, 2.24) is 14.5 Å². The molecule has 6 nitrogen and oxygen atoms in total. The molecule has 158 valence electrons. The number of nitrogens with zero attached hydrogens (tertiary/aromatic N) is 4. The van der Waals surface area contributed by atoms with Gasteiger partial charge in [-0.25, -0.2) is 8.78 Å². The van der Waals surface area contributed by atoms with Gasteiger partial charge in [-0.05, 0) is 29.8 Å². The number of hydrogen-bond donors (Lipinski definition) is 0. The number of carbonyl (C=O) groups is 2. The van der Waals surface area contributed by atoms with E-state index in [1.807, 2.05) is 42.1 Å². The number of halogens is 2. The fourth-order valence-electron chi connectivity index (χ4n) is 4.01. The maximum atomic E-state index is 13.6. The number of aromatic nitrogens is 2. The van der Waals surface area contributed by atoms with Crippen LogP contribution in [-0.2, 0) is 11.8 Å². The Labute approximate surface area is 177 Å². The zero-order valence-corrected chi connectivity index (χ0v) is 16.9. The monoisotopic (exact) mass is 422 g/mol. The predicted molar refractivity (Wildman–Crippen MR) is 110 cm³/mol. The second-order valence-electron chi connectivity index (χ2n) is 7.77. The molecule has 0 saturated carbocycles. The topological polar surface area (TPSA) is 79.0 Å². The van der Waals surface area contributed by atoms with Gasteiger partial charge >= 0.3 is 0 Å². The summed E-state index contributed by atoms with van der Waals surface area (Å²) in [6.45, 7) is -0.782. The van der Waals surface area contributed by atoms with Gasteiger partial charge in [-0.3, -0.25) is 14.6 Å². The Balaban J connectivity index is 1.52. The first-order valence-corrected chi connectivity index (χ1v) is 9.89. The number of alkyl halides is 2. The van der Waals surface area contributed by atoms with Crippen LogP contribution < -0.4 is 0 Å². The Bertz CT molecular complexity index is 1210. The first-order chi connectivity index (χ1) is 14.8. The summed E-state index contributed by atoms with van der Waals surface area (Å²) >= 11 is 0. The van der Waals surface area contributed by atoms with E-state index in [2.05, 4.69) is 4.98 Å². The normalized spacial score (nSPS) is 17.6. The lowest BCUT2D eigenvalue weighted by Gasteiger charge is -2.19. The van der Waals surface area contributed by atoms with Crippen molar-refractivity contribution in [2.45, 2.75) is 31.2 Å². The van der Waals surface area contributed by atoms with Gasteiger partial charge in [0.1, 0.15) is 6.04 Å². The highest BCUT2D eigenvalue weighted by atomic mass is 19.3. The second-order valence-corrected chi connectivity index (χ2v) is 7.77. The SMILES string of the molecule is Cn1ccc2cc(-c3cnccc3C(=O)CCC(=O)N3CC(F)(F)C[C@H]3C#N)ccc21. The van der Waals surface area contributed by atoms with Gasteiger partial charge in [0, 0.05) is 66.9 Å². The number of pyridine rings is 1. The summed E-state index contributed by atoms with van der Waals surface area (Å²) in [6, 6.07) is 10.0. The van der Waals surface area contributed by atoms with Crippen LogP contribution in [0.5, 0.6) is 0 Å². The number of Topliss-reactive ketones (excluding diaryl/α,β-unsaturated/α-hetero) is 1. The fraction of sp³-hybridized carbons (Fsp3) is 0.304. The minimum atomic E-state index is -3.07. The molecule has 1 atom stereocenters. The van der Waals surface area contributed by atoms with Crippen LogP contribution in [0.1, 0.15) is 29.6 Å². The first kappa shape index (κ1) is 20.7. The Morgan fingerprint density at radius 3 is 2.84 bits per heavy atom. The van der Waals surface area contributed by atoms with E-state index in [0.29, 0.717) is 11.1 Å². The third kappa shape index (κ3) is 4.04. The highest BCUT2D eigenvalue weighted by Gasteiger charge is 2.47. The van der Waals surface area contributed by atoms with Crippen molar-refractivity contribution < 1.29 is 18.4 Å². The lowest BCUT2D eigenvalue weighted by molar-refractivity contribution is -0.132. The van der Waals surface area contributed by atoms with Gasteiger partial charge in [-0.1, -0.05) is 6.07 Å². The summed E-state index contributed by atoms with van der Waals surface area (Å²) in [6.07, 6.45) is 4.03. The lowest BCUT2D eigenvalue weighted by atomic mass is 9.96. The number of nitriles is 1. The van der Waals surface area contributed by atoms with Gasteiger partial charge in [-0.15, -0.1) is 0 Å². The predicted octanol–water partition coefficient (Wildman–Crippen LogP) is 3.96. The summed E-state index contributed by atoms with van der Waals surface area (Å²) in [5, 5.41) is 10.1. The number of carbonyl (C=O) groups excluding carboxylic acids is 2. The molecule has 1 aliphatic rings. The minimum absolute atomic E-state index is 0.135. The molecule has 8 heteroatoms. The van der Waals surface area contributed by atoms with Gasteiger partial charge in [0.15, 0.2) is 5.78 Å². The van der Waals surface area contributed by atoms with Crippen molar-refractivity contribution in [3.8, 4) is 17.2 Å². The number of rotatable bonds is 5. The molecular weight excluding hydrogens is 402 g/mol. The standard InChI is InChI=1S/C23H20F2N4O2/c1-28-9-7-16-10-15(2-3-20(16)28)19-13-27-8-6-18(19)21(30)4-5-22(31)29-14-23(24,25)11-17(29)12-26/h2-3,6-10,13,17H,4-5,11,14H2,1H3/t17-/m0/s1. The minimum Gasteiger partial charge on any atom is -0.351 e. The van der Waals surface area contributed by atoms with Crippen LogP contribution in [0.15, 0.2) is 48.9 Å². The molecule has 1 aromatic carbocycles. The molecule has 0 spiro atoms. The smallest absolute Gasteiger partial charge is 0.268 e. The molecule has 1 aliphatic heterocycles. The molecule has 0 bridgehead atoms. The lowest BCUT2D eigenvalue weighted by Crippen LogP contribution is -2.36. The molecule has 3 heterocycles. The fourth-order valence-corrected chi connectivity index (χ4v) is 4.01. The van der Waals surface area contributed by atoms with Crippen molar-refractivity contribution in [3.63, 3.8) is 0 Å². The molecule has 1 saturated heterocycles. The average molecular weight is 422 g/mol. The third-order valence-electron chi connectivity index (χ3n) is 5.62. The molecule has 1 amide bonds.